The van der Waals surface area contributed by atoms with Gasteiger partial charge < -0.3 is 9.47 Å². The van der Waals surface area contributed by atoms with Crippen molar-refractivity contribution in [1.82, 2.24) is 0 Å². The average Bonchev–Trinajstić information content (AvgIpc) is 2.47. The van der Waals surface area contributed by atoms with E-state index in [0.29, 0.717) is 5.75 Å². The van der Waals surface area contributed by atoms with Gasteiger partial charge >= 0.3 is 5.97 Å². The molecule has 0 fully saturated rings. The van der Waals surface area contributed by atoms with Crippen LogP contribution in [0.1, 0.15) is 5.56 Å². The highest BCUT2D eigenvalue weighted by atomic mass is 16.5. The van der Waals surface area contributed by atoms with Crippen LogP contribution in [0.2, 0.25) is 0 Å². The van der Waals surface area contributed by atoms with E-state index < -0.39 is 5.97 Å². The van der Waals surface area contributed by atoms with Crippen LogP contribution < -0.4 is 9.47 Å². The molecular formula is C16H14O3. The number of methoxy groups -OCH3 is 1. The Morgan fingerprint density at radius 3 is 2.21 bits per heavy atom. The van der Waals surface area contributed by atoms with Gasteiger partial charge in [0.25, 0.3) is 0 Å². The number of rotatable bonds is 4. The third-order valence-electron chi connectivity index (χ3n) is 2.49. The SMILES string of the molecule is COc1ccc(OC(=O)C=Cc2ccccc2)cc1. The number of benzene rings is 2. The lowest BCUT2D eigenvalue weighted by molar-refractivity contribution is -0.128. The van der Waals surface area contributed by atoms with Crippen LogP contribution in [0.5, 0.6) is 11.5 Å². The topological polar surface area (TPSA) is 35.5 Å². The standard InChI is InChI=1S/C16H14O3/c1-18-14-8-10-15(11-9-14)19-16(17)12-7-13-5-3-2-4-6-13/h2-12H,1H3. The molecule has 0 saturated heterocycles. The Kier molecular flexibility index (Phi) is 4.34. The Morgan fingerprint density at radius 2 is 1.58 bits per heavy atom. The molecule has 96 valence electrons. The first-order valence-corrected chi connectivity index (χ1v) is 5.87. The molecule has 2 aromatic carbocycles. The Bertz CT molecular complexity index is 556. The second kappa shape index (κ2) is 6.40. The van der Waals surface area contributed by atoms with Crippen molar-refractivity contribution < 1.29 is 14.3 Å². The van der Waals surface area contributed by atoms with Crippen LogP contribution in [0.15, 0.2) is 60.7 Å². The summed E-state index contributed by atoms with van der Waals surface area (Å²) in [5.41, 5.74) is 0.953. The van der Waals surface area contributed by atoms with Crippen molar-refractivity contribution in [2.45, 2.75) is 0 Å². The molecule has 0 N–H and O–H groups in total. The van der Waals surface area contributed by atoms with Crippen molar-refractivity contribution in [3.05, 3.63) is 66.2 Å². The lowest BCUT2D eigenvalue weighted by Gasteiger charge is -2.02. The molecular weight excluding hydrogens is 240 g/mol. The predicted octanol–water partition coefficient (Wildman–Crippen LogP) is 3.31. The average molecular weight is 254 g/mol. The van der Waals surface area contributed by atoms with Crippen LogP contribution in [-0.4, -0.2) is 13.1 Å². The summed E-state index contributed by atoms with van der Waals surface area (Å²) in [6.07, 6.45) is 3.12. The zero-order valence-electron chi connectivity index (χ0n) is 10.6. The summed E-state index contributed by atoms with van der Waals surface area (Å²) >= 11 is 0. The highest BCUT2D eigenvalue weighted by Gasteiger charge is 2.00. The van der Waals surface area contributed by atoms with Crippen LogP contribution in [-0.2, 0) is 4.79 Å². The molecule has 0 spiro atoms. The van der Waals surface area contributed by atoms with Gasteiger partial charge in [0.15, 0.2) is 0 Å². The molecule has 0 aromatic heterocycles. The monoisotopic (exact) mass is 254 g/mol. The van der Waals surface area contributed by atoms with Crippen molar-refractivity contribution in [3.63, 3.8) is 0 Å². The molecule has 3 nitrogen and oxygen atoms in total. The first kappa shape index (κ1) is 12.9. The van der Waals surface area contributed by atoms with E-state index in [1.165, 1.54) is 6.08 Å². The highest BCUT2D eigenvalue weighted by molar-refractivity contribution is 5.88. The van der Waals surface area contributed by atoms with E-state index in [1.54, 1.807) is 37.5 Å². The Morgan fingerprint density at radius 1 is 0.947 bits per heavy atom. The Hall–Kier alpha value is -2.55. The number of esters is 1. The number of carbonyl (C=O) groups is 1. The Balaban J connectivity index is 1.95. The summed E-state index contributed by atoms with van der Waals surface area (Å²) in [7, 11) is 1.59. The quantitative estimate of drug-likeness (QED) is 0.477. The zero-order valence-corrected chi connectivity index (χ0v) is 10.6. The fourth-order valence-electron chi connectivity index (χ4n) is 1.52. The van der Waals surface area contributed by atoms with Gasteiger partial charge in [-0.1, -0.05) is 30.3 Å². The first-order valence-electron chi connectivity index (χ1n) is 5.87. The molecule has 0 heterocycles. The van der Waals surface area contributed by atoms with E-state index in [4.69, 9.17) is 9.47 Å². The third kappa shape index (κ3) is 4.00. The maximum Gasteiger partial charge on any atom is 0.336 e. The van der Waals surface area contributed by atoms with Crippen LogP contribution in [0.25, 0.3) is 6.08 Å². The molecule has 0 unspecified atom stereocenters. The minimum atomic E-state index is -0.408. The van der Waals surface area contributed by atoms with Crippen molar-refractivity contribution in [3.8, 4) is 11.5 Å². The summed E-state index contributed by atoms with van der Waals surface area (Å²) < 4.78 is 10.2. The lowest BCUT2D eigenvalue weighted by atomic mass is 10.2. The molecule has 19 heavy (non-hydrogen) atoms. The predicted molar refractivity (Wildman–Crippen MR) is 74.1 cm³/mol. The number of hydrogen-bond acceptors (Lipinski definition) is 3. The molecule has 0 bridgehead atoms. The lowest BCUT2D eigenvalue weighted by Crippen LogP contribution is -2.03. The minimum Gasteiger partial charge on any atom is -0.497 e. The molecule has 2 aromatic rings. The van der Waals surface area contributed by atoms with Crippen LogP contribution in [0.3, 0.4) is 0 Å². The van der Waals surface area contributed by atoms with E-state index in [-0.39, 0.29) is 0 Å². The van der Waals surface area contributed by atoms with Crippen molar-refractivity contribution in [2.75, 3.05) is 7.11 Å². The molecule has 3 heteroatoms. The number of carbonyl (C=O) groups excluding carboxylic acids is 1. The van der Waals surface area contributed by atoms with Crippen LogP contribution in [0, 0.1) is 0 Å². The summed E-state index contributed by atoms with van der Waals surface area (Å²) in [6.45, 7) is 0. The molecule has 0 atom stereocenters. The van der Waals surface area contributed by atoms with Gasteiger partial charge in [-0.25, -0.2) is 4.79 Å². The molecule has 0 aliphatic carbocycles. The molecule has 2 rings (SSSR count). The summed E-state index contributed by atoms with van der Waals surface area (Å²) in [6, 6.07) is 16.4. The first-order chi connectivity index (χ1) is 9.28. The van der Waals surface area contributed by atoms with Gasteiger partial charge in [-0.3, -0.25) is 0 Å². The van der Waals surface area contributed by atoms with E-state index in [9.17, 15) is 4.79 Å². The van der Waals surface area contributed by atoms with Crippen molar-refractivity contribution in [2.24, 2.45) is 0 Å². The maximum atomic E-state index is 11.6. The van der Waals surface area contributed by atoms with Crippen molar-refractivity contribution >= 4 is 12.0 Å². The minimum absolute atomic E-state index is 0.408. The van der Waals surface area contributed by atoms with E-state index in [1.807, 2.05) is 30.3 Å². The van der Waals surface area contributed by atoms with Gasteiger partial charge in [0.2, 0.25) is 0 Å². The number of hydrogen-bond donors (Lipinski definition) is 0. The normalized spacial score (nSPS) is 10.4. The fraction of sp³-hybridized carbons (Fsp3) is 0.0625. The van der Waals surface area contributed by atoms with Crippen molar-refractivity contribution in [1.29, 1.82) is 0 Å². The Labute approximate surface area is 112 Å². The second-order valence-corrected chi connectivity index (χ2v) is 3.84. The molecule has 0 saturated carbocycles. The van der Waals surface area contributed by atoms with E-state index in [2.05, 4.69) is 0 Å². The smallest absolute Gasteiger partial charge is 0.336 e. The third-order valence-corrected chi connectivity index (χ3v) is 2.49. The molecule has 0 aliphatic rings. The van der Waals surface area contributed by atoms with Gasteiger partial charge in [0.1, 0.15) is 11.5 Å². The van der Waals surface area contributed by atoms with Crippen LogP contribution >= 0.6 is 0 Å². The van der Waals surface area contributed by atoms with Gasteiger partial charge in [-0.15, -0.1) is 0 Å². The maximum absolute atomic E-state index is 11.6. The van der Waals surface area contributed by atoms with Gasteiger partial charge in [-0.2, -0.15) is 0 Å². The van der Waals surface area contributed by atoms with Gasteiger partial charge in [-0.05, 0) is 35.9 Å². The molecule has 0 amide bonds. The van der Waals surface area contributed by atoms with Crippen LogP contribution in [0.4, 0.5) is 0 Å². The summed E-state index contributed by atoms with van der Waals surface area (Å²) in [4.78, 5) is 11.6. The molecule has 0 aliphatic heterocycles. The largest absolute Gasteiger partial charge is 0.497 e. The van der Waals surface area contributed by atoms with E-state index in [0.717, 1.165) is 11.3 Å². The molecule has 0 radical (unpaired) electrons. The van der Waals surface area contributed by atoms with E-state index >= 15 is 0 Å². The van der Waals surface area contributed by atoms with Gasteiger partial charge in [0.05, 0.1) is 7.11 Å². The highest BCUT2D eigenvalue weighted by Crippen LogP contribution is 2.17. The second-order valence-electron chi connectivity index (χ2n) is 3.84. The number of ether oxygens (including phenoxy) is 2. The summed E-state index contributed by atoms with van der Waals surface area (Å²) in [5, 5.41) is 0. The fourth-order valence-corrected chi connectivity index (χ4v) is 1.52. The zero-order chi connectivity index (χ0) is 13.5. The van der Waals surface area contributed by atoms with Gasteiger partial charge in [0, 0.05) is 6.08 Å². The summed E-state index contributed by atoms with van der Waals surface area (Å²) in [5.74, 6) is 0.803.